The molecule has 0 radical (unpaired) electrons. The van der Waals surface area contributed by atoms with Crippen LogP contribution in [-0.2, 0) is 32.0 Å². The third-order valence-electron chi connectivity index (χ3n) is 5.35. The van der Waals surface area contributed by atoms with Gasteiger partial charge in [-0.2, -0.15) is 4.31 Å². The number of nitrogens with zero attached hydrogens (tertiary/aromatic N) is 4. The summed E-state index contributed by atoms with van der Waals surface area (Å²) in [7, 11) is -10.6. The molecular weight excluding hydrogens is 536 g/mol. The molecule has 2 aromatic rings. The maximum atomic E-state index is 12.2. The van der Waals surface area contributed by atoms with Crippen molar-refractivity contribution in [1.29, 1.82) is 0 Å². The molecule has 0 saturated carbocycles. The molecular formula is C15H23N5O14P2. The number of imidazole rings is 1. The summed E-state index contributed by atoms with van der Waals surface area (Å²) in [4.78, 5) is 31.3. The lowest BCUT2D eigenvalue weighted by Gasteiger charge is -2.20. The second-order valence-corrected chi connectivity index (χ2v) is 10.8. The first kappa shape index (κ1) is 27.4. The van der Waals surface area contributed by atoms with Gasteiger partial charge in [0.05, 0.1) is 19.5 Å². The molecule has 2 aromatic heterocycles. The van der Waals surface area contributed by atoms with Crippen LogP contribution in [0.15, 0.2) is 12.7 Å². The van der Waals surface area contributed by atoms with Crippen molar-refractivity contribution >= 4 is 32.6 Å². The second-order valence-electron chi connectivity index (χ2n) is 7.79. The van der Waals surface area contributed by atoms with Crippen LogP contribution in [0.4, 0.5) is 5.82 Å². The molecule has 0 aliphatic carbocycles. The highest BCUT2D eigenvalue weighted by Crippen LogP contribution is 2.60. The normalized spacial score (nSPS) is 36.2. The molecule has 0 bridgehead atoms. The summed E-state index contributed by atoms with van der Waals surface area (Å²) < 4.78 is 48.8. The van der Waals surface area contributed by atoms with Crippen molar-refractivity contribution in [1.82, 2.24) is 19.5 Å². The summed E-state index contributed by atoms with van der Waals surface area (Å²) in [5.74, 6) is 0.0575. The van der Waals surface area contributed by atoms with Crippen LogP contribution >= 0.6 is 15.6 Å². The van der Waals surface area contributed by atoms with E-state index in [2.05, 4.69) is 28.3 Å². The Labute approximate surface area is 200 Å². The van der Waals surface area contributed by atoms with E-state index in [0.29, 0.717) is 0 Å². The highest BCUT2D eigenvalue weighted by Gasteiger charge is 2.47. The molecule has 2 fully saturated rings. The molecule has 202 valence electrons. The van der Waals surface area contributed by atoms with Crippen molar-refractivity contribution in [2.45, 2.75) is 49.1 Å². The minimum Gasteiger partial charge on any atom is -0.387 e. The molecule has 36 heavy (non-hydrogen) atoms. The number of hydrogen-bond acceptors (Lipinski definition) is 16. The molecule has 0 amide bonds. The quantitative estimate of drug-likeness (QED) is 0.140. The molecule has 9 N–H and O–H groups in total. The summed E-state index contributed by atoms with van der Waals surface area (Å²) in [6, 6.07) is 0. The zero-order chi connectivity index (χ0) is 26.4. The van der Waals surface area contributed by atoms with E-state index >= 15 is 0 Å². The number of phosphoric ester groups is 2. The number of nitrogen functional groups attached to an aromatic ring is 1. The van der Waals surface area contributed by atoms with E-state index in [1.54, 1.807) is 0 Å². The van der Waals surface area contributed by atoms with Gasteiger partial charge in [0.1, 0.15) is 48.5 Å². The van der Waals surface area contributed by atoms with E-state index in [1.165, 1.54) is 10.9 Å². The molecule has 4 heterocycles. The highest BCUT2D eigenvalue weighted by molar-refractivity contribution is 7.61. The number of nitrogens with two attached hydrogens (primary N) is 1. The molecule has 4 rings (SSSR count). The van der Waals surface area contributed by atoms with Crippen LogP contribution in [0.25, 0.3) is 11.2 Å². The van der Waals surface area contributed by atoms with Crippen molar-refractivity contribution in [2.75, 3.05) is 18.9 Å². The monoisotopic (exact) mass is 559 g/mol. The fourth-order valence-corrected chi connectivity index (χ4v) is 5.62. The van der Waals surface area contributed by atoms with Gasteiger partial charge in [-0.05, 0) is 0 Å². The van der Waals surface area contributed by atoms with E-state index in [1.807, 2.05) is 0 Å². The molecule has 2 aliphatic rings. The summed E-state index contributed by atoms with van der Waals surface area (Å²) in [5, 5.41) is 49.0. The standard InChI is InChI=1S/C15H23N5O14P2/c16-12-7-13(18-3-17-12)20(4-19-7)14-10(23)8(21)5(32-14)1-30-35(26,27)34-36(28,29)31-2-6-9(22)11(24)15(25)33-6/h3-6,8-11,14-15,21-25H,1-2H2,(H,26,27)(H,28,29)(H2,16,17,18)/t5-,6+,8+,9-,10?,11?,14-,15+/m1/s1. The third-order valence-corrected chi connectivity index (χ3v) is 7.95. The average molecular weight is 559 g/mol. The predicted molar refractivity (Wildman–Crippen MR) is 111 cm³/mol. The lowest BCUT2D eigenvalue weighted by molar-refractivity contribution is -0.132. The lowest BCUT2D eigenvalue weighted by Crippen LogP contribution is -2.34. The Morgan fingerprint density at radius 1 is 0.889 bits per heavy atom. The summed E-state index contributed by atoms with van der Waals surface area (Å²) in [5.41, 5.74) is 6.09. The average Bonchev–Trinajstić information content (AvgIpc) is 3.42. The van der Waals surface area contributed by atoms with Gasteiger partial charge in [0.2, 0.25) is 0 Å². The van der Waals surface area contributed by atoms with Crippen LogP contribution in [-0.4, -0.2) is 111 Å². The zero-order valence-corrected chi connectivity index (χ0v) is 19.7. The van der Waals surface area contributed by atoms with E-state index in [4.69, 9.17) is 15.2 Å². The van der Waals surface area contributed by atoms with Crippen molar-refractivity contribution in [2.24, 2.45) is 0 Å². The van der Waals surface area contributed by atoms with Gasteiger partial charge in [-0.15, -0.1) is 0 Å². The maximum Gasteiger partial charge on any atom is 0.481 e. The van der Waals surface area contributed by atoms with Crippen LogP contribution in [0.3, 0.4) is 0 Å². The van der Waals surface area contributed by atoms with Crippen LogP contribution in [0.2, 0.25) is 0 Å². The number of anilines is 1. The van der Waals surface area contributed by atoms with Crippen molar-refractivity contribution < 1.29 is 67.3 Å². The van der Waals surface area contributed by atoms with Crippen LogP contribution in [0.5, 0.6) is 0 Å². The number of aromatic nitrogens is 4. The van der Waals surface area contributed by atoms with Crippen LogP contribution in [0.1, 0.15) is 6.23 Å². The van der Waals surface area contributed by atoms with Crippen molar-refractivity contribution in [3.05, 3.63) is 12.7 Å². The van der Waals surface area contributed by atoms with Crippen molar-refractivity contribution in [3.8, 4) is 0 Å². The Hall–Kier alpha value is -1.67. The Kier molecular flexibility index (Phi) is 7.78. The van der Waals surface area contributed by atoms with Gasteiger partial charge < -0.3 is 50.5 Å². The molecule has 0 spiro atoms. The summed E-state index contributed by atoms with van der Waals surface area (Å²) >= 11 is 0. The second kappa shape index (κ2) is 10.2. The van der Waals surface area contributed by atoms with Gasteiger partial charge in [-0.1, -0.05) is 0 Å². The zero-order valence-electron chi connectivity index (χ0n) is 17.9. The van der Waals surface area contributed by atoms with Gasteiger partial charge in [0.15, 0.2) is 24.0 Å². The number of aliphatic hydroxyl groups excluding tert-OH is 5. The Morgan fingerprint density at radius 3 is 2.06 bits per heavy atom. The fraction of sp³-hybridized carbons (Fsp3) is 0.667. The van der Waals surface area contributed by atoms with E-state index < -0.39 is 78.0 Å². The van der Waals surface area contributed by atoms with Gasteiger partial charge >= 0.3 is 15.6 Å². The Bertz CT molecular complexity index is 1180. The number of rotatable bonds is 9. The summed E-state index contributed by atoms with van der Waals surface area (Å²) in [6.07, 6.45) is -10.1. The number of fused-ring (bicyclic) bond motifs is 1. The fourth-order valence-electron chi connectivity index (χ4n) is 3.53. The van der Waals surface area contributed by atoms with Crippen LogP contribution < -0.4 is 5.73 Å². The predicted octanol–water partition coefficient (Wildman–Crippen LogP) is -3.28. The van der Waals surface area contributed by atoms with Gasteiger partial charge in [0, 0.05) is 0 Å². The van der Waals surface area contributed by atoms with E-state index in [-0.39, 0.29) is 17.0 Å². The molecule has 21 heteroatoms. The minimum atomic E-state index is -5.31. The first-order chi connectivity index (χ1) is 16.8. The van der Waals surface area contributed by atoms with Crippen molar-refractivity contribution in [3.63, 3.8) is 0 Å². The largest absolute Gasteiger partial charge is 0.481 e. The molecule has 19 nitrogen and oxygen atoms in total. The number of aliphatic hydroxyl groups is 5. The smallest absolute Gasteiger partial charge is 0.387 e. The number of phosphoric acid groups is 2. The van der Waals surface area contributed by atoms with E-state index in [9.17, 15) is 44.4 Å². The van der Waals surface area contributed by atoms with E-state index in [0.717, 1.165) is 6.33 Å². The molecule has 0 aromatic carbocycles. The Balaban J connectivity index is 1.34. The topological polar surface area (TPSA) is 292 Å². The number of ether oxygens (including phenoxy) is 2. The van der Waals surface area contributed by atoms with Gasteiger partial charge in [-0.3, -0.25) is 13.6 Å². The summed E-state index contributed by atoms with van der Waals surface area (Å²) in [6.45, 7) is -1.79. The SMILES string of the molecule is Nc1ncnc2c1ncn2[C@@H]1O[C@H](COP(=O)(O)OP(=O)(O)OC[C@@H]2O[C@H](O)C(O)[C@@H]2O)[C@H](O)C1O. The number of hydrogen-bond donors (Lipinski definition) is 8. The first-order valence-electron chi connectivity index (χ1n) is 10.1. The first-order valence-corrected chi connectivity index (χ1v) is 13.1. The molecule has 4 unspecified atom stereocenters. The molecule has 10 atom stereocenters. The molecule has 2 saturated heterocycles. The van der Waals surface area contributed by atoms with Gasteiger partial charge in [-0.25, -0.2) is 24.1 Å². The Morgan fingerprint density at radius 2 is 1.47 bits per heavy atom. The lowest BCUT2D eigenvalue weighted by atomic mass is 10.1. The minimum absolute atomic E-state index is 0.0575. The maximum absolute atomic E-state index is 12.2. The highest BCUT2D eigenvalue weighted by atomic mass is 31.3. The van der Waals surface area contributed by atoms with Gasteiger partial charge in [0.25, 0.3) is 0 Å². The molecule has 2 aliphatic heterocycles. The third kappa shape index (κ3) is 5.59. The van der Waals surface area contributed by atoms with Crippen LogP contribution in [0, 0.1) is 0 Å².